The van der Waals surface area contributed by atoms with Crippen LogP contribution in [0.2, 0.25) is 0 Å². The molecule has 2 atom stereocenters. The van der Waals surface area contributed by atoms with Crippen LogP contribution in [0, 0.1) is 5.82 Å². The van der Waals surface area contributed by atoms with Crippen molar-refractivity contribution in [3.8, 4) is 5.75 Å². The highest BCUT2D eigenvalue weighted by atomic mass is 19.1. The first-order valence-corrected chi connectivity index (χ1v) is 5.86. The Morgan fingerprint density at radius 3 is 2.61 bits per heavy atom. The molecule has 2 rings (SSSR count). The van der Waals surface area contributed by atoms with Gasteiger partial charge >= 0.3 is 0 Å². The van der Waals surface area contributed by atoms with Crippen LogP contribution in [0.1, 0.15) is 37.3 Å². The highest BCUT2D eigenvalue weighted by Crippen LogP contribution is 2.24. The Kier molecular flexibility index (Phi) is 3.67. The van der Waals surface area contributed by atoms with E-state index in [0.717, 1.165) is 11.8 Å². The summed E-state index contributed by atoms with van der Waals surface area (Å²) in [5, 5.41) is 12.4. The fourth-order valence-electron chi connectivity index (χ4n) is 1.95. The molecule has 3 nitrogen and oxygen atoms in total. The molecule has 1 aromatic heterocycles. The van der Waals surface area contributed by atoms with E-state index in [9.17, 15) is 9.50 Å². The molecule has 0 radical (unpaired) electrons. The molecule has 2 N–H and O–H groups in total. The quantitative estimate of drug-likeness (QED) is 0.871. The number of hydrogen-bond donors (Lipinski definition) is 2. The van der Waals surface area contributed by atoms with E-state index < -0.39 is 5.82 Å². The van der Waals surface area contributed by atoms with Gasteiger partial charge in [0, 0.05) is 17.7 Å². The summed E-state index contributed by atoms with van der Waals surface area (Å²) in [6.45, 7) is 3.82. The van der Waals surface area contributed by atoms with Crippen molar-refractivity contribution in [1.29, 1.82) is 0 Å². The molecule has 96 valence electrons. The predicted octanol–water partition coefficient (Wildman–Crippen LogP) is 3.54. The summed E-state index contributed by atoms with van der Waals surface area (Å²) in [6.07, 6.45) is 1.61. The average molecular weight is 249 g/mol. The van der Waals surface area contributed by atoms with Crippen LogP contribution in [-0.2, 0) is 0 Å². The van der Waals surface area contributed by atoms with Gasteiger partial charge in [0.2, 0.25) is 0 Å². The predicted molar refractivity (Wildman–Crippen MR) is 66.7 cm³/mol. The maximum atomic E-state index is 13.7. The number of benzene rings is 1. The number of nitrogens with one attached hydrogen (secondary N) is 1. The number of aromatic hydroxyl groups is 1. The van der Waals surface area contributed by atoms with Gasteiger partial charge in [-0.3, -0.25) is 0 Å². The molecule has 1 unspecified atom stereocenters. The first-order valence-electron chi connectivity index (χ1n) is 5.86. The van der Waals surface area contributed by atoms with Gasteiger partial charge < -0.3 is 14.8 Å². The van der Waals surface area contributed by atoms with Crippen LogP contribution in [0.25, 0.3) is 0 Å². The molecule has 0 saturated heterocycles. The van der Waals surface area contributed by atoms with E-state index >= 15 is 0 Å². The molecule has 0 amide bonds. The second-order valence-electron chi connectivity index (χ2n) is 4.33. The molecule has 0 aliphatic rings. The van der Waals surface area contributed by atoms with Crippen molar-refractivity contribution >= 4 is 0 Å². The lowest BCUT2D eigenvalue weighted by molar-refractivity contribution is 0.396. The number of hydrogen-bond acceptors (Lipinski definition) is 3. The number of halogens is 1. The highest BCUT2D eigenvalue weighted by Gasteiger charge is 2.16. The fourth-order valence-corrected chi connectivity index (χ4v) is 1.95. The topological polar surface area (TPSA) is 45.4 Å². The van der Waals surface area contributed by atoms with Gasteiger partial charge in [-0.1, -0.05) is 6.07 Å². The Morgan fingerprint density at radius 2 is 2.00 bits per heavy atom. The fraction of sp³-hybridized carbons (Fsp3) is 0.286. The minimum atomic E-state index is -0.415. The molecule has 18 heavy (non-hydrogen) atoms. The second-order valence-corrected chi connectivity index (χ2v) is 4.33. The van der Waals surface area contributed by atoms with Gasteiger partial charge in [0.05, 0.1) is 12.3 Å². The standard InChI is InChI=1S/C14H16FNO2/c1-9(12-6-5-11(17)8-13(12)15)16-10(2)14-4-3-7-18-14/h3-10,16-17H,1-2H3/t9?,10-/m1/s1. The van der Waals surface area contributed by atoms with Gasteiger partial charge in [-0.2, -0.15) is 0 Å². The molecule has 0 bridgehead atoms. The van der Waals surface area contributed by atoms with Crippen molar-refractivity contribution < 1.29 is 13.9 Å². The lowest BCUT2D eigenvalue weighted by Crippen LogP contribution is -2.22. The van der Waals surface area contributed by atoms with Gasteiger partial charge in [-0.15, -0.1) is 0 Å². The Bertz CT molecular complexity index is 511. The second kappa shape index (κ2) is 5.23. The van der Waals surface area contributed by atoms with Crippen LogP contribution in [0.15, 0.2) is 41.0 Å². The number of rotatable bonds is 4. The zero-order chi connectivity index (χ0) is 13.1. The maximum Gasteiger partial charge on any atom is 0.131 e. The van der Waals surface area contributed by atoms with Crippen LogP contribution in [0.3, 0.4) is 0 Å². The maximum absolute atomic E-state index is 13.7. The lowest BCUT2D eigenvalue weighted by atomic mass is 10.1. The van der Waals surface area contributed by atoms with Gasteiger partial charge in [0.1, 0.15) is 17.3 Å². The van der Waals surface area contributed by atoms with E-state index in [4.69, 9.17) is 4.42 Å². The van der Waals surface area contributed by atoms with Crippen LogP contribution in [0.5, 0.6) is 5.75 Å². The first kappa shape index (κ1) is 12.6. The zero-order valence-corrected chi connectivity index (χ0v) is 10.4. The van der Waals surface area contributed by atoms with Crippen molar-refractivity contribution in [2.75, 3.05) is 0 Å². The van der Waals surface area contributed by atoms with E-state index in [1.807, 2.05) is 26.0 Å². The molecule has 0 fully saturated rings. The number of phenolic OH excluding ortho intramolecular Hbond substituents is 1. The Hall–Kier alpha value is -1.81. The third kappa shape index (κ3) is 2.71. The Morgan fingerprint density at radius 1 is 1.22 bits per heavy atom. The molecule has 2 aromatic rings. The van der Waals surface area contributed by atoms with Crippen molar-refractivity contribution in [3.63, 3.8) is 0 Å². The van der Waals surface area contributed by atoms with Crippen LogP contribution >= 0.6 is 0 Å². The summed E-state index contributed by atoms with van der Waals surface area (Å²) in [6, 6.07) is 7.68. The molecule has 0 saturated carbocycles. The summed E-state index contributed by atoms with van der Waals surface area (Å²) in [5.41, 5.74) is 0.520. The normalized spacial score (nSPS) is 14.4. The van der Waals surface area contributed by atoms with Gasteiger partial charge in [-0.25, -0.2) is 4.39 Å². The average Bonchev–Trinajstić information content (AvgIpc) is 2.81. The molecule has 0 spiro atoms. The first-order chi connectivity index (χ1) is 8.58. The van der Waals surface area contributed by atoms with E-state index in [2.05, 4.69) is 5.32 Å². The molecular weight excluding hydrogens is 233 g/mol. The summed E-state index contributed by atoms with van der Waals surface area (Å²) < 4.78 is 19.0. The summed E-state index contributed by atoms with van der Waals surface area (Å²) in [7, 11) is 0. The smallest absolute Gasteiger partial charge is 0.131 e. The molecule has 0 aliphatic carbocycles. The van der Waals surface area contributed by atoms with Gasteiger partial charge in [-0.05, 0) is 32.0 Å². The van der Waals surface area contributed by atoms with Crippen LogP contribution in [0.4, 0.5) is 4.39 Å². The van der Waals surface area contributed by atoms with E-state index in [1.54, 1.807) is 12.3 Å². The van der Waals surface area contributed by atoms with E-state index in [1.165, 1.54) is 6.07 Å². The molecule has 0 aliphatic heterocycles. The largest absolute Gasteiger partial charge is 0.508 e. The Balaban J connectivity index is 2.10. The van der Waals surface area contributed by atoms with E-state index in [0.29, 0.717) is 5.56 Å². The van der Waals surface area contributed by atoms with Crippen molar-refractivity contribution in [1.82, 2.24) is 5.32 Å². The third-order valence-corrected chi connectivity index (χ3v) is 2.92. The number of furan rings is 1. The Labute approximate surface area is 105 Å². The summed E-state index contributed by atoms with van der Waals surface area (Å²) >= 11 is 0. The minimum absolute atomic E-state index is 0.0109. The van der Waals surface area contributed by atoms with E-state index in [-0.39, 0.29) is 17.8 Å². The van der Waals surface area contributed by atoms with Crippen molar-refractivity contribution in [3.05, 3.63) is 53.7 Å². The van der Waals surface area contributed by atoms with Crippen molar-refractivity contribution in [2.24, 2.45) is 0 Å². The number of phenols is 1. The van der Waals surface area contributed by atoms with Crippen LogP contribution in [-0.4, -0.2) is 5.11 Å². The SMILES string of the molecule is CC(N[C@H](C)c1ccco1)c1ccc(O)cc1F. The lowest BCUT2D eigenvalue weighted by Gasteiger charge is -2.19. The molecule has 4 heteroatoms. The zero-order valence-electron chi connectivity index (χ0n) is 10.4. The molecule has 1 heterocycles. The summed E-state index contributed by atoms with van der Waals surface area (Å²) in [4.78, 5) is 0. The minimum Gasteiger partial charge on any atom is -0.508 e. The van der Waals surface area contributed by atoms with Crippen molar-refractivity contribution in [2.45, 2.75) is 25.9 Å². The van der Waals surface area contributed by atoms with Crippen LogP contribution < -0.4 is 5.32 Å². The van der Waals surface area contributed by atoms with Gasteiger partial charge in [0.15, 0.2) is 0 Å². The summed E-state index contributed by atoms with van der Waals surface area (Å²) in [5.74, 6) is 0.324. The molecular formula is C14H16FNO2. The third-order valence-electron chi connectivity index (χ3n) is 2.92. The highest BCUT2D eigenvalue weighted by molar-refractivity contribution is 5.29. The monoisotopic (exact) mass is 249 g/mol. The van der Waals surface area contributed by atoms with Gasteiger partial charge in [0.25, 0.3) is 0 Å². The molecule has 1 aromatic carbocycles.